The van der Waals surface area contributed by atoms with E-state index in [1.807, 2.05) is 32.0 Å². The minimum Gasteiger partial charge on any atom is -0.465 e. The van der Waals surface area contributed by atoms with Crippen molar-refractivity contribution < 1.29 is 14.3 Å². The molecule has 21 heavy (non-hydrogen) atoms. The molecule has 0 unspecified atom stereocenters. The zero-order chi connectivity index (χ0) is 15.4. The van der Waals surface area contributed by atoms with E-state index in [2.05, 4.69) is 5.32 Å². The molecule has 2 aromatic rings. The van der Waals surface area contributed by atoms with E-state index in [1.54, 1.807) is 24.3 Å². The van der Waals surface area contributed by atoms with Gasteiger partial charge in [-0.25, -0.2) is 4.79 Å². The molecule has 0 atom stereocenters. The number of hydrogen-bond donors (Lipinski definition) is 1. The minimum atomic E-state index is -0.480. The van der Waals surface area contributed by atoms with Crippen LogP contribution in [0.15, 0.2) is 42.5 Å². The maximum Gasteiger partial charge on any atom is 0.339 e. The fraction of sp³-hybridized carbons (Fsp3) is 0.176. The fourth-order valence-electron chi connectivity index (χ4n) is 2.05. The number of para-hydroxylation sites is 1. The Labute approximate surface area is 123 Å². The highest BCUT2D eigenvalue weighted by Gasteiger charge is 2.15. The molecule has 0 aliphatic heterocycles. The molecule has 108 valence electrons. The Hall–Kier alpha value is -2.62. The van der Waals surface area contributed by atoms with Crippen LogP contribution in [-0.2, 0) is 4.74 Å². The Bertz CT molecular complexity index is 692. The van der Waals surface area contributed by atoms with Gasteiger partial charge in [-0.15, -0.1) is 0 Å². The van der Waals surface area contributed by atoms with Crippen LogP contribution in [0, 0.1) is 13.8 Å². The van der Waals surface area contributed by atoms with E-state index in [0.717, 1.165) is 11.1 Å². The zero-order valence-electron chi connectivity index (χ0n) is 12.3. The van der Waals surface area contributed by atoms with E-state index >= 15 is 0 Å². The Kier molecular flexibility index (Phi) is 4.38. The normalized spacial score (nSPS) is 10.0. The van der Waals surface area contributed by atoms with Crippen molar-refractivity contribution in [2.45, 2.75) is 13.8 Å². The molecule has 4 nitrogen and oxygen atoms in total. The third kappa shape index (κ3) is 3.28. The second-order valence-corrected chi connectivity index (χ2v) is 4.81. The van der Waals surface area contributed by atoms with Gasteiger partial charge < -0.3 is 10.1 Å². The molecule has 0 spiro atoms. The number of rotatable bonds is 3. The Morgan fingerprint density at radius 2 is 1.71 bits per heavy atom. The standard InChI is InChI=1S/C17H17NO3/c1-11-8-9-12(2)14(10-11)16(19)18-15-7-5-4-6-13(15)17(20)21-3/h4-10H,1-3H3,(H,18,19). The molecule has 2 aromatic carbocycles. The van der Waals surface area contributed by atoms with Crippen molar-refractivity contribution >= 4 is 17.6 Å². The van der Waals surface area contributed by atoms with E-state index in [0.29, 0.717) is 16.8 Å². The lowest BCUT2D eigenvalue weighted by Crippen LogP contribution is -2.16. The number of carbonyl (C=O) groups excluding carboxylic acids is 2. The number of esters is 1. The number of hydrogen-bond acceptors (Lipinski definition) is 3. The first kappa shape index (κ1) is 14.8. The monoisotopic (exact) mass is 283 g/mol. The van der Waals surface area contributed by atoms with Crippen LogP contribution in [0.1, 0.15) is 31.8 Å². The first-order chi connectivity index (χ1) is 10.0. The van der Waals surface area contributed by atoms with Gasteiger partial charge in [0.25, 0.3) is 5.91 Å². The highest BCUT2D eigenvalue weighted by Crippen LogP contribution is 2.18. The highest BCUT2D eigenvalue weighted by atomic mass is 16.5. The lowest BCUT2D eigenvalue weighted by atomic mass is 10.0. The molecule has 0 radical (unpaired) electrons. The van der Waals surface area contributed by atoms with Crippen LogP contribution in [0.4, 0.5) is 5.69 Å². The van der Waals surface area contributed by atoms with Gasteiger partial charge >= 0.3 is 5.97 Å². The van der Waals surface area contributed by atoms with Crippen LogP contribution in [0.25, 0.3) is 0 Å². The van der Waals surface area contributed by atoms with Gasteiger partial charge in [0, 0.05) is 5.56 Å². The van der Waals surface area contributed by atoms with Gasteiger partial charge in [0.1, 0.15) is 0 Å². The number of carbonyl (C=O) groups is 2. The van der Waals surface area contributed by atoms with E-state index in [-0.39, 0.29) is 5.91 Å². The van der Waals surface area contributed by atoms with E-state index in [1.165, 1.54) is 7.11 Å². The largest absolute Gasteiger partial charge is 0.465 e. The summed E-state index contributed by atoms with van der Waals surface area (Å²) in [6.45, 7) is 3.80. The average molecular weight is 283 g/mol. The molecule has 0 aliphatic rings. The maximum atomic E-state index is 12.4. The maximum absolute atomic E-state index is 12.4. The first-order valence-corrected chi connectivity index (χ1v) is 6.59. The quantitative estimate of drug-likeness (QED) is 0.879. The third-order valence-electron chi connectivity index (χ3n) is 3.22. The van der Waals surface area contributed by atoms with Crippen LogP contribution in [0.3, 0.4) is 0 Å². The van der Waals surface area contributed by atoms with Crippen molar-refractivity contribution in [3.8, 4) is 0 Å². The molecule has 0 saturated heterocycles. The number of benzene rings is 2. The summed E-state index contributed by atoms with van der Waals surface area (Å²) >= 11 is 0. The molecule has 1 N–H and O–H groups in total. The van der Waals surface area contributed by atoms with Crippen molar-refractivity contribution in [2.75, 3.05) is 12.4 Å². The minimum absolute atomic E-state index is 0.243. The lowest BCUT2D eigenvalue weighted by molar-refractivity contribution is 0.0602. The predicted octanol–water partition coefficient (Wildman–Crippen LogP) is 3.34. The van der Waals surface area contributed by atoms with E-state index in [4.69, 9.17) is 4.74 Å². The van der Waals surface area contributed by atoms with Crippen molar-refractivity contribution in [3.05, 3.63) is 64.7 Å². The van der Waals surface area contributed by atoms with Gasteiger partial charge in [-0.3, -0.25) is 4.79 Å². The van der Waals surface area contributed by atoms with Crippen LogP contribution >= 0.6 is 0 Å². The van der Waals surface area contributed by atoms with Gasteiger partial charge in [-0.05, 0) is 37.6 Å². The summed E-state index contributed by atoms with van der Waals surface area (Å²) in [5, 5.41) is 2.77. The van der Waals surface area contributed by atoms with Crippen molar-refractivity contribution in [3.63, 3.8) is 0 Å². The van der Waals surface area contributed by atoms with E-state index in [9.17, 15) is 9.59 Å². The number of methoxy groups -OCH3 is 1. The predicted molar refractivity (Wildman–Crippen MR) is 81.7 cm³/mol. The van der Waals surface area contributed by atoms with Crippen LogP contribution < -0.4 is 5.32 Å². The molecular formula is C17H17NO3. The molecule has 1 amide bonds. The summed E-state index contributed by atoms with van der Waals surface area (Å²) in [5.74, 6) is -0.723. The third-order valence-corrected chi connectivity index (χ3v) is 3.22. The molecule has 0 aliphatic carbocycles. The number of anilines is 1. The van der Waals surface area contributed by atoms with Crippen LogP contribution in [0.5, 0.6) is 0 Å². The van der Waals surface area contributed by atoms with Crippen molar-refractivity contribution in [1.29, 1.82) is 0 Å². The molecule has 0 saturated carbocycles. The number of nitrogens with one attached hydrogen (secondary N) is 1. The number of amides is 1. The Morgan fingerprint density at radius 3 is 2.43 bits per heavy atom. The smallest absolute Gasteiger partial charge is 0.339 e. The Balaban J connectivity index is 2.32. The summed E-state index contributed by atoms with van der Waals surface area (Å²) < 4.78 is 4.72. The summed E-state index contributed by atoms with van der Waals surface area (Å²) in [5.41, 5.74) is 3.25. The molecule has 4 heteroatoms. The van der Waals surface area contributed by atoms with E-state index < -0.39 is 5.97 Å². The van der Waals surface area contributed by atoms with Crippen molar-refractivity contribution in [2.24, 2.45) is 0 Å². The number of ether oxygens (including phenoxy) is 1. The topological polar surface area (TPSA) is 55.4 Å². The Morgan fingerprint density at radius 1 is 1.00 bits per heavy atom. The first-order valence-electron chi connectivity index (χ1n) is 6.59. The molecule has 2 rings (SSSR count). The molecule has 0 fully saturated rings. The second kappa shape index (κ2) is 6.22. The lowest BCUT2D eigenvalue weighted by Gasteiger charge is -2.11. The molecule has 0 heterocycles. The van der Waals surface area contributed by atoms with Gasteiger partial charge in [-0.1, -0.05) is 29.8 Å². The van der Waals surface area contributed by atoms with Crippen LogP contribution in [-0.4, -0.2) is 19.0 Å². The van der Waals surface area contributed by atoms with Gasteiger partial charge in [0.2, 0.25) is 0 Å². The average Bonchev–Trinajstić information content (AvgIpc) is 2.49. The molecule has 0 aromatic heterocycles. The van der Waals surface area contributed by atoms with Crippen molar-refractivity contribution in [1.82, 2.24) is 0 Å². The zero-order valence-corrected chi connectivity index (χ0v) is 12.3. The SMILES string of the molecule is COC(=O)c1ccccc1NC(=O)c1cc(C)ccc1C. The van der Waals surface area contributed by atoms with Gasteiger partial charge in [0.15, 0.2) is 0 Å². The summed E-state index contributed by atoms with van der Waals surface area (Å²) in [4.78, 5) is 24.1. The summed E-state index contributed by atoms with van der Waals surface area (Å²) in [7, 11) is 1.31. The van der Waals surface area contributed by atoms with Crippen LogP contribution in [0.2, 0.25) is 0 Å². The summed E-state index contributed by atoms with van der Waals surface area (Å²) in [6.07, 6.45) is 0. The summed E-state index contributed by atoms with van der Waals surface area (Å²) in [6, 6.07) is 12.4. The number of aryl methyl sites for hydroxylation is 2. The fourth-order valence-corrected chi connectivity index (χ4v) is 2.05. The molecule has 0 bridgehead atoms. The van der Waals surface area contributed by atoms with Gasteiger partial charge in [-0.2, -0.15) is 0 Å². The molecular weight excluding hydrogens is 266 g/mol. The van der Waals surface area contributed by atoms with Gasteiger partial charge in [0.05, 0.1) is 18.4 Å². The second-order valence-electron chi connectivity index (χ2n) is 4.81. The highest BCUT2D eigenvalue weighted by molar-refractivity contribution is 6.08.